The highest BCUT2D eigenvalue weighted by molar-refractivity contribution is 7.71. The molecule has 1 N–H and O–H groups in total. The minimum absolute atomic E-state index is 0.0201. The Labute approximate surface area is 142 Å². The number of rotatable bonds is 2. The monoisotopic (exact) mass is 344 g/mol. The number of aromatic amines is 1. The molecule has 1 aromatic carbocycles. The van der Waals surface area contributed by atoms with Crippen LogP contribution in [0.2, 0.25) is 0 Å². The molecule has 0 atom stereocenters. The molecule has 0 aliphatic heterocycles. The summed E-state index contributed by atoms with van der Waals surface area (Å²) in [6.45, 7) is 0. The zero-order valence-electron chi connectivity index (χ0n) is 12.7. The largest absolute Gasteiger partial charge is 0.497 e. The van der Waals surface area contributed by atoms with E-state index in [1.54, 1.807) is 23.0 Å². The van der Waals surface area contributed by atoms with Crippen LogP contribution in [0, 0.1) is 4.77 Å². The number of methoxy groups -OCH3 is 1. The quantitative estimate of drug-likeness (QED) is 0.715. The van der Waals surface area contributed by atoms with Crippen molar-refractivity contribution >= 4 is 33.8 Å². The maximum Gasteiger partial charge on any atom is 0.267 e. The van der Waals surface area contributed by atoms with Gasteiger partial charge in [-0.15, -0.1) is 11.3 Å². The fourth-order valence-electron chi connectivity index (χ4n) is 3.20. The highest BCUT2D eigenvalue weighted by Crippen LogP contribution is 2.33. The molecule has 0 radical (unpaired) electrons. The number of thiophene rings is 1. The Morgan fingerprint density at radius 3 is 2.70 bits per heavy atom. The molecule has 6 heteroatoms. The third kappa shape index (κ3) is 2.33. The van der Waals surface area contributed by atoms with Gasteiger partial charge in [-0.05, 0) is 67.7 Å². The van der Waals surface area contributed by atoms with Crippen LogP contribution >= 0.6 is 23.6 Å². The zero-order chi connectivity index (χ0) is 16.0. The van der Waals surface area contributed by atoms with Crippen LogP contribution in [0.25, 0.3) is 15.9 Å². The first-order valence-corrected chi connectivity index (χ1v) is 8.85. The molecule has 3 aromatic rings. The van der Waals surface area contributed by atoms with Crippen LogP contribution in [0.1, 0.15) is 23.3 Å². The van der Waals surface area contributed by atoms with Crippen LogP contribution in [0.5, 0.6) is 5.75 Å². The standard InChI is InChI=1S/C17H16N2O2S2/c1-21-11-8-6-10(7-9-11)19-16(20)14-12-4-2-3-5-13(12)23-15(14)18-17(19)22/h6-9H,2-5H2,1H3,(H,18,22). The van der Waals surface area contributed by atoms with Crippen molar-refractivity contribution in [2.75, 3.05) is 7.11 Å². The van der Waals surface area contributed by atoms with E-state index in [0.29, 0.717) is 4.77 Å². The Hall–Kier alpha value is -1.92. The van der Waals surface area contributed by atoms with E-state index in [4.69, 9.17) is 17.0 Å². The lowest BCUT2D eigenvalue weighted by atomic mass is 9.97. The van der Waals surface area contributed by atoms with Crippen molar-refractivity contribution < 1.29 is 4.74 Å². The van der Waals surface area contributed by atoms with Crippen LogP contribution < -0.4 is 10.3 Å². The Morgan fingerprint density at radius 2 is 1.96 bits per heavy atom. The summed E-state index contributed by atoms with van der Waals surface area (Å²) in [4.78, 5) is 18.6. The number of nitrogens with zero attached hydrogens (tertiary/aromatic N) is 1. The average Bonchev–Trinajstić information content (AvgIpc) is 2.93. The van der Waals surface area contributed by atoms with Gasteiger partial charge >= 0.3 is 0 Å². The summed E-state index contributed by atoms with van der Waals surface area (Å²) < 4.78 is 7.20. The molecule has 4 rings (SSSR count). The summed E-state index contributed by atoms with van der Waals surface area (Å²) in [6, 6.07) is 7.39. The van der Waals surface area contributed by atoms with E-state index in [2.05, 4.69) is 4.98 Å². The highest BCUT2D eigenvalue weighted by Gasteiger charge is 2.20. The van der Waals surface area contributed by atoms with Crippen LogP contribution in [-0.4, -0.2) is 16.7 Å². The van der Waals surface area contributed by atoms with E-state index in [1.807, 2.05) is 24.3 Å². The number of H-pyrrole nitrogens is 1. The van der Waals surface area contributed by atoms with E-state index < -0.39 is 0 Å². The number of nitrogens with one attached hydrogen (secondary N) is 1. The van der Waals surface area contributed by atoms with Gasteiger partial charge in [-0.3, -0.25) is 9.36 Å². The third-order valence-corrected chi connectivity index (χ3v) is 5.83. The van der Waals surface area contributed by atoms with Crippen molar-refractivity contribution in [3.8, 4) is 11.4 Å². The van der Waals surface area contributed by atoms with Crippen molar-refractivity contribution in [2.24, 2.45) is 0 Å². The molecule has 2 aromatic heterocycles. The Balaban J connectivity index is 1.99. The second kappa shape index (κ2) is 5.62. The van der Waals surface area contributed by atoms with Gasteiger partial charge < -0.3 is 9.72 Å². The lowest BCUT2D eigenvalue weighted by molar-refractivity contribution is 0.414. The Kier molecular flexibility index (Phi) is 3.58. The van der Waals surface area contributed by atoms with Crippen LogP contribution in [0.3, 0.4) is 0 Å². The summed E-state index contributed by atoms with van der Waals surface area (Å²) in [5.41, 5.74) is 1.96. The molecule has 0 spiro atoms. The molecule has 0 saturated heterocycles. The minimum Gasteiger partial charge on any atom is -0.497 e. The number of hydrogen-bond donors (Lipinski definition) is 1. The second-order valence-electron chi connectivity index (χ2n) is 5.68. The summed E-state index contributed by atoms with van der Waals surface area (Å²) >= 11 is 7.12. The third-order valence-electron chi connectivity index (χ3n) is 4.34. The van der Waals surface area contributed by atoms with E-state index >= 15 is 0 Å². The number of benzene rings is 1. The van der Waals surface area contributed by atoms with Gasteiger partial charge in [0.25, 0.3) is 5.56 Å². The molecule has 0 saturated carbocycles. The first kappa shape index (κ1) is 14.7. The van der Waals surface area contributed by atoms with Crippen molar-refractivity contribution in [2.45, 2.75) is 25.7 Å². The zero-order valence-corrected chi connectivity index (χ0v) is 14.4. The molecule has 0 bridgehead atoms. The van der Waals surface area contributed by atoms with Gasteiger partial charge in [0.05, 0.1) is 18.2 Å². The summed E-state index contributed by atoms with van der Waals surface area (Å²) in [6.07, 6.45) is 4.40. The van der Waals surface area contributed by atoms with Gasteiger partial charge in [0, 0.05) is 4.88 Å². The molecular weight excluding hydrogens is 328 g/mol. The topological polar surface area (TPSA) is 47.0 Å². The number of fused-ring (bicyclic) bond motifs is 3. The highest BCUT2D eigenvalue weighted by atomic mass is 32.1. The summed E-state index contributed by atoms with van der Waals surface area (Å²) in [5, 5.41) is 0.814. The van der Waals surface area contributed by atoms with Gasteiger partial charge in [-0.1, -0.05) is 0 Å². The Morgan fingerprint density at radius 1 is 1.22 bits per heavy atom. The number of hydrogen-bond acceptors (Lipinski definition) is 4. The molecule has 0 amide bonds. The molecule has 118 valence electrons. The lowest BCUT2D eigenvalue weighted by Gasteiger charge is -2.11. The van der Waals surface area contributed by atoms with Crippen LogP contribution in [0.4, 0.5) is 0 Å². The van der Waals surface area contributed by atoms with Gasteiger partial charge in [0.15, 0.2) is 4.77 Å². The SMILES string of the molecule is COc1ccc(-n2c(=S)[nH]c3sc4c(c3c2=O)CCCC4)cc1. The van der Waals surface area contributed by atoms with Crippen molar-refractivity contribution in [3.05, 3.63) is 49.8 Å². The van der Waals surface area contributed by atoms with E-state index in [9.17, 15) is 4.79 Å². The van der Waals surface area contributed by atoms with E-state index in [1.165, 1.54) is 16.9 Å². The molecule has 1 aliphatic rings. The predicted molar refractivity (Wildman–Crippen MR) is 95.8 cm³/mol. The summed E-state index contributed by atoms with van der Waals surface area (Å²) in [7, 11) is 1.62. The van der Waals surface area contributed by atoms with Gasteiger partial charge in [-0.2, -0.15) is 0 Å². The molecule has 0 fully saturated rings. The normalized spacial score (nSPS) is 14.0. The molecule has 0 unspecified atom stereocenters. The first-order chi connectivity index (χ1) is 11.2. The van der Waals surface area contributed by atoms with Gasteiger partial charge in [0.1, 0.15) is 10.6 Å². The van der Waals surface area contributed by atoms with Gasteiger partial charge in [-0.25, -0.2) is 0 Å². The fraction of sp³-hybridized carbons (Fsp3) is 0.294. The van der Waals surface area contributed by atoms with E-state index in [0.717, 1.165) is 40.9 Å². The van der Waals surface area contributed by atoms with Crippen molar-refractivity contribution in [3.63, 3.8) is 0 Å². The van der Waals surface area contributed by atoms with Crippen molar-refractivity contribution in [1.29, 1.82) is 0 Å². The smallest absolute Gasteiger partial charge is 0.267 e. The molecule has 2 heterocycles. The maximum absolute atomic E-state index is 13.1. The minimum atomic E-state index is -0.0201. The molecule has 1 aliphatic carbocycles. The summed E-state index contributed by atoms with van der Waals surface area (Å²) in [5.74, 6) is 0.755. The predicted octanol–water partition coefficient (Wildman–Crippen LogP) is 4.00. The Bertz CT molecular complexity index is 996. The second-order valence-corrected chi connectivity index (χ2v) is 7.18. The number of aryl methyl sites for hydroxylation is 2. The van der Waals surface area contributed by atoms with Crippen LogP contribution in [-0.2, 0) is 12.8 Å². The fourth-order valence-corrected chi connectivity index (χ4v) is 4.84. The molecular formula is C17H16N2O2S2. The number of ether oxygens (including phenoxy) is 1. The molecule has 4 nitrogen and oxygen atoms in total. The average molecular weight is 344 g/mol. The molecule has 23 heavy (non-hydrogen) atoms. The van der Waals surface area contributed by atoms with Gasteiger partial charge in [0.2, 0.25) is 0 Å². The maximum atomic E-state index is 13.1. The lowest BCUT2D eigenvalue weighted by Crippen LogP contribution is -2.21. The first-order valence-electron chi connectivity index (χ1n) is 7.63. The number of aromatic nitrogens is 2. The van der Waals surface area contributed by atoms with E-state index in [-0.39, 0.29) is 5.56 Å². The van der Waals surface area contributed by atoms with Crippen LogP contribution in [0.15, 0.2) is 29.1 Å². The van der Waals surface area contributed by atoms with Crippen molar-refractivity contribution in [1.82, 2.24) is 9.55 Å².